The van der Waals surface area contributed by atoms with Gasteiger partial charge in [0.05, 0.1) is 8.80 Å². The molecule has 0 heterocycles. The first kappa shape index (κ1) is 14.4. The summed E-state index contributed by atoms with van der Waals surface area (Å²) in [4.78, 5) is 0. The lowest BCUT2D eigenvalue weighted by atomic mass is 10.3. The van der Waals surface area contributed by atoms with E-state index in [1.54, 1.807) is 0 Å². The Morgan fingerprint density at radius 2 is 1.71 bits per heavy atom. The number of rotatable bonds is 6. The molecule has 0 aliphatic carbocycles. The van der Waals surface area contributed by atoms with E-state index in [0.717, 1.165) is 0 Å². The summed E-state index contributed by atoms with van der Waals surface area (Å²) in [5.74, 6) is 0. The maximum atomic E-state index is 6.48. The minimum absolute atomic E-state index is 0.227. The van der Waals surface area contributed by atoms with E-state index in [1.165, 1.54) is 18.9 Å². The van der Waals surface area contributed by atoms with Crippen LogP contribution in [0.15, 0.2) is 0 Å². The van der Waals surface area contributed by atoms with E-state index in [4.69, 9.17) is 4.43 Å². The van der Waals surface area contributed by atoms with Gasteiger partial charge in [-0.3, -0.25) is 0 Å². The highest BCUT2D eigenvalue weighted by molar-refractivity contribution is 6.72. The van der Waals surface area contributed by atoms with Crippen molar-refractivity contribution < 1.29 is 4.43 Å². The molecule has 0 bridgehead atoms. The van der Waals surface area contributed by atoms with Gasteiger partial charge in [0.1, 0.15) is 0 Å². The molecule has 0 N–H and O–H groups in total. The first-order chi connectivity index (χ1) is 6.27. The summed E-state index contributed by atoms with van der Waals surface area (Å²) in [6, 6.07) is 1.30. The maximum absolute atomic E-state index is 6.48. The molecule has 0 amide bonds. The van der Waals surface area contributed by atoms with E-state index >= 15 is 0 Å². The monoisotopic (exact) mass is 232 g/mol. The summed E-state index contributed by atoms with van der Waals surface area (Å²) in [7, 11) is -2.10. The van der Waals surface area contributed by atoms with Gasteiger partial charge in [0.2, 0.25) is 0 Å². The smallest absolute Gasteiger partial charge is 0.187 e. The van der Waals surface area contributed by atoms with Crippen LogP contribution in [-0.2, 0) is 4.43 Å². The van der Waals surface area contributed by atoms with Crippen LogP contribution in [0.4, 0.5) is 0 Å². The fraction of sp³-hybridized carbons (Fsp3) is 1.00. The molecule has 86 valence electrons. The summed E-state index contributed by atoms with van der Waals surface area (Å²) >= 11 is 0. The molecule has 3 heteroatoms. The largest absolute Gasteiger partial charge is 0.415 e. The van der Waals surface area contributed by atoms with Gasteiger partial charge in [0.25, 0.3) is 0 Å². The molecular weight excluding hydrogens is 204 g/mol. The van der Waals surface area contributed by atoms with Gasteiger partial charge in [-0.05, 0) is 32.5 Å². The fourth-order valence-corrected chi connectivity index (χ4v) is 7.31. The molecule has 0 radical (unpaired) electrons. The molecule has 0 aromatic carbocycles. The van der Waals surface area contributed by atoms with Gasteiger partial charge in [-0.25, -0.2) is 0 Å². The predicted octanol–water partition coefficient (Wildman–Crippen LogP) is 3.81. The molecule has 0 aromatic heterocycles. The normalized spacial score (nSPS) is 17.1. The van der Waals surface area contributed by atoms with Gasteiger partial charge in [-0.15, -0.1) is 0 Å². The minimum Gasteiger partial charge on any atom is -0.415 e. The Balaban J connectivity index is 4.44. The van der Waals surface area contributed by atoms with Gasteiger partial charge < -0.3 is 4.43 Å². The molecular formula is C11H28OSi2. The van der Waals surface area contributed by atoms with Crippen molar-refractivity contribution in [3.63, 3.8) is 0 Å². The van der Waals surface area contributed by atoms with Crippen molar-refractivity contribution in [2.45, 2.75) is 71.1 Å². The van der Waals surface area contributed by atoms with Gasteiger partial charge >= 0.3 is 0 Å². The lowest BCUT2D eigenvalue weighted by molar-refractivity contribution is 0.154. The van der Waals surface area contributed by atoms with Crippen LogP contribution in [0.1, 0.15) is 33.6 Å². The summed E-state index contributed by atoms with van der Waals surface area (Å²) in [5, 5.41) is 0.227. The zero-order valence-electron chi connectivity index (χ0n) is 11.1. The lowest BCUT2D eigenvalue weighted by Gasteiger charge is -2.40. The molecule has 0 rings (SSSR count). The van der Waals surface area contributed by atoms with Crippen LogP contribution in [0.25, 0.3) is 0 Å². The Labute approximate surface area is 93.0 Å². The maximum Gasteiger partial charge on any atom is 0.187 e. The second-order valence-corrected chi connectivity index (χ2v) is 13.2. The van der Waals surface area contributed by atoms with Gasteiger partial charge in [-0.2, -0.15) is 0 Å². The van der Waals surface area contributed by atoms with Crippen LogP contribution in [-0.4, -0.2) is 22.3 Å². The van der Waals surface area contributed by atoms with Gasteiger partial charge in [-0.1, -0.05) is 33.4 Å². The third kappa shape index (κ3) is 4.28. The first-order valence-electron chi connectivity index (χ1n) is 5.97. The molecule has 0 spiro atoms. The topological polar surface area (TPSA) is 9.23 Å². The van der Waals surface area contributed by atoms with Crippen molar-refractivity contribution in [2.24, 2.45) is 0 Å². The summed E-state index contributed by atoms with van der Waals surface area (Å²) in [6.45, 7) is 16.4. The molecule has 14 heavy (non-hydrogen) atoms. The van der Waals surface area contributed by atoms with Crippen LogP contribution in [0.3, 0.4) is 0 Å². The minimum atomic E-state index is -1.39. The van der Waals surface area contributed by atoms with Crippen LogP contribution < -0.4 is 0 Å². The van der Waals surface area contributed by atoms with Crippen molar-refractivity contribution in [2.75, 3.05) is 0 Å². The van der Waals surface area contributed by atoms with Crippen LogP contribution in [0, 0.1) is 0 Å². The molecule has 0 saturated carbocycles. The highest BCUT2D eigenvalue weighted by Crippen LogP contribution is 2.27. The summed E-state index contributed by atoms with van der Waals surface area (Å²) < 4.78 is 6.48. The van der Waals surface area contributed by atoms with Crippen LogP contribution in [0.2, 0.25) is 32.2 Å². The number of hydrogen-bond donors (Lipinski definition) is 0. The zero-order chi connectivity index (χ0) is 11.4. The van der Waals surface area contributed by atoms with E-state index in [9.17, 15) is 0 Å². The average molecular weight is 233 g/mol. The molecule has 0 unspecified atom stereocenters. The molecule has 0 aliphatic heterocycles. The van der Waals surface area contributed by atoms with E-state index in [1.807, 2.05) is 0 Å². The van der Waals surface area contributed by atoms with Crippen molar-refractivity contribution in [1.29, 1.82) is 0 Å². The summed E-state index contributed by atoms with van der Waals surface area (Å²) in [6.07, 6.45) is 2.44. The Kier molecular flexibility index (Phi) is 5.62. The van der Waals surface area contributed by atoms with Gasteiger partial charge in [0, 0.05) is 5.22 Å². The van der Waals surface area contributed by atoms with E-state index in [-0.39, 0.29) is 5.22 Å². The molecule has 1 nitrogen and oxygen atoms in total. The third-order valence-corrected chi connectivity index (χ3v) is 9.21. The number of hydrogen-bond acceptors (Lipinski definition) is 1. The molecule has 0 fully saturated rings. The quantitative estimate of drug-likeness (QED) is 0.633. The lowest BCUT2D eigenvalue weighted by Crippen LogP contribution is -2.49. The Hall–Kier alpha value is 0.394. The highest BCUT2D eigenvalue weighted by Gasteiger charge is 2.35. The first-order valence-corrected chi connectivity index (χ1v) is 12.0. The summed E-state index contributed by atoms with van der Waals surface area (Å²) in [5.41, 5.74) is 0. The predicted molar refractivity (Wildman–Crippen MR) is 71.2 cm³/mol. The van der Waals surface area contributed by atoms with E-state index in [2.05, 4.69) is 47.0 Å². The molecule has 1 atom stereocenters. The van der Waals surface area contributed by atoms with Crippen molar-refractivity contribution in [3.05, 3.63) is 0 Å². The Morgan fingerprint density at radius 1 is 1.21 bits per heavy atom. The van der Waals surface area contributed by atoms with E-state index in [0.29, 0.717) is 0 Å². The van der Waals surface area contributed by atoms with Gasteiger partial charge in [0.15, 0.2) is 8.32 Å². The fourth-order valence-electron chi connectivity index (χ4n) is 1.88. The SMILES string of the molecule is CCC[Si](C)(C)O[C@](C)(CC)[SiH](C)C. The second-order valence-electron chi connectivity index (χ2n) is 5.43. The zero-order valence-corrected chi connectivity index (χ0v) is 13.3. The highest BCUT2D eigenvalue weighted by atomic mass is 28.4. The van der Waals surface area contributed by atoms with Crippen LogP contribution >= 0.6 is 0 Å². The Bertz CT molecular complexity index is 169. The van der Waals surface area contributed by atoms with E-state index < -0.39 is 17.1 Å². The Morgan fingerprint density at radius 3 is 2.00 bits per heavy atom. The third-order valence-electron chi connectivity index (χ3n) is 3.28. The van der Waals surface area contributed by atoms with Crippen molar-refractivity contribution in [1.82, 2.24) is 0 Å². The average Bonchev–Trinajstić information content (AvgIpc) is 2.02. The molecule has 0 aliphatic rings. The molecule has 0 aromatic rings. The van der Waals surface area contributed by atoms with Crippen molar-refractivity contribution in [3.8, 4) is 0 Å². The standard InChI is InChI=1S/C11H28OSi2/c1-8-10-14(6,7)12-11(3,9-2)13(4)5/h13H,8-10H2,1-7H3/t11-/m0/s1. The molecule has 0 saturated heterocycles. The van der Waals surface area contributed by atoms with Crippen molar-refractivity contribution >= 4 is 17.1 Å². The van der Waals surface area contributed by atoms with Crippen LogP contribution in [0.5, 0.6) is 0 Å². The second kappa shape index (κ2) is 5.47.